The minimum Gasteiger partial charge on any atom is -0.497 e. The molecule has 9 heteroatoms. The maximum absolute atomic E-state index is 14.8. The first kappa shape index (κ1) is 19.9. The average Bonchev–Trinajstić information content (AvgIpc) is 3.23. The van der Waals surface area contributed by atoms with Gasteiger partial charge in [0, 0.05) is 12.6 Å². The number of nitrogens with zero attached hydrogens (tertiary/aromatic N) is 4. The lowest BCUT2D eigenvalue weighted by Gasteiger charge is -2.23. The van der Waals surface area contributed by atoms with Crippen LogP contribution in [0.1, 0.15) is 6.92 Å². The van der Waals surface area contributed by atoms with Crippen LogP contribution in [0, 0.1) is 5.82 Å². The first-order chi connectivity index (χ1) is 14.6. The molecule has 0 aliphatic heterocycles. The van der Waals surface area contributed by atoms with Gasteiger partial charge in [0.1, 0.15) is 34.0 Å². The molecule has 0 spiro atoms. The minimum atomic E-state index is -0.458. The Kier molecular flexibility index (Phi) is 5.41. The third kappa shape index (κ3) is 3.39. The molecule has 0 amide bonds. The molecule has 2 aromatic heterocycles. The van der Waals surface area contributed by atoms with E-state index < -0.39 is 5.82 Å². The Hall–Kier alpha value is -3.39. The van der Waals surface area contributed by atoms with E-state index in [1.54, 1.807) is 37.6 Å². The molecule has 0 fully saturated rings. The van der Waals surface area contributed by atoms with Gasteiger partial charge < -0.3 is 14.4 Å². The van der Waals surface area contributed by atoms with Crippen molar-refractivity contribution in [2.45, 2.75) is 6.92 Å². The number of benzene rings is 2. The summed E-state index contributed by atoms with van der Waals surface area (Å²) in [6.45, 7) is 2.48. The SMILES string of the molecule is CCN(c1nc(-c2c(F)cccc2OC)c2[nH]ncc2n1)c1ccc(OC)cc1Cl. The highest BCUT2D eigenvalue weighted by molar-refractivity contribution is 6.33. The van der Waals surface area contributed by atoms with Gasteiger partial charge in [-0.2, -0.15) is 5.10 Å². The predicted octanol–water partition coefficient (Wildman–Crippen LogP) is 4.99. The third-order valence-electron chi connectivity index (χ3n) is 4.72. The van der Waals surface area contributed by atoms with Gasteiger partial charge in [0.15, 0.2) is 0 Å². The number of methoxy groups -OCH3 is 2. The highest BCUT2D eigenvalue weighted by atomic mass is 35.5. The zero-order valence-corrected chi connectivity index (χ0v) is 17.4. The second-order valence-corrected chi connectivity index (χ2v) is 6.79. The Morgan fingerprint density at radius 3 is 2.67 bits per heavy atom. The molecule has 2 heterocycles. The number of nitrogens with one attached hydrogen (secondary N) is 1. The normalized spacial score (nSPS) is 11.0. The van der Waals surface area contributed by atoms with E-state index >= 15 is 0 Å². The molecule has 0 atom stereocenters. The molecule has 154 valence electrons. The van der Waals surface area contributed by atoms with E-state index in [-0.39, 0.29) is 5.56 Å². The highest BCUT2D eigenvalue weighted by Gasteiger charge is 2.22. The van der Waals surface area contributed by atoms with Crippen molar-refractivity contribution in [2.75, 3.05) is 25.7 Å². The lowest BCUT2D eigenvalue weighted by atomic mass is 10.1. The molecule has 1 N–H and O–H groups in total. The topological polar surface area (TPSA) is 76.2 Å². The van der Waals surface area contributed by atoms with Crippen LogP contribution in [0.5, 0.6) is 11.5 Å². The van der Waals surface area contributed by atoms with Gasteiger partial charge in [0.05, 0.1) is 36.7 Å². The Labute approximate surface area is 177 Å². The van der Waals surface area contributed by atoms with E-state index in [0.29, 0.717) is 51.4 Å². The Morgan fingerprint density at radius 1 is 1.13 bits per heavy atom. The maximum Gasteiger partial charge on any atom is 0.231 e. The fourth-order valence-corrected chi connectivity index (χ4v) is 3.56. The molecule has 0 aliphatic carbocycles. The second kappa shape index (κ2) is 8.16. The highest BCUT2D eigenvalue weighted by Crippen LogP contribution is 2.38. The van der Waals surface area contributed by atoms with E-state index in [2.05, 4.69) is 20.2 Å². The van der Waals surface area contributed by atoms with Crippen LogP contribution in [0.3, 0.4) is 0 Å². The Morgan fingerprint density at radius 2 is 1.97 bits per heavy atom. The number of halogens is 2. The summed E-state index contributed by atoms with van der Waals surface area (Å²) < 4.78 is 25.4. The lowest BCUT2D eigenvalue weighted by molar-refractivity contribution is 0.413. The third-order valence-corrected chi connectivity index (χ3v) is 5.03. The van der Waals surface area contributed by atoms with Crippen LogP contribution in [0.25, 0.3) is 22.3 Å². The van der Waals surface area contributed by atoms with Gasteiger partial charge in [-0.15, -0.1) is 0 Å². The summed E-state index contributed by atoms with van der Waals surface area (Å²) in [5.41, 5.74) is 2.34. The molecular weight excluding hydrogens is 409 g/mol. The van der Waals surface area contributed by atoms with Gasteiger partial charge in [-0.1, -0.05) is 17.7 Å². The molecule has 0 saturated heterocycles. The molecule has 0 unspecified atom stereocenters. The molecule has 2 aromatic carbocycles. The predicted molar refractivity (Wildman–Crippen MR) is 114 cm³/mol. The Balaban J connectivity index is 1.93. The molecule has 4 aromatic rings. The molecule has 4 rings (SSSR count). The summed E-state index contributed by atoms with van der Waals surface area (Å²) in [5.74, 6) is 0.906. The van der Waals surface area contributed by atoms with Crippen LogP contribution in [0.4, 0.5) is 16.0 Å². The van der Waals surface area contributed by atoms with Crippen LogP contribution in [0.15, 0.2) is 42.6 Å². The number of anilines is 2. The van der Waals surface area contributed by atoms with E-state index in [9.17, 15) is 4.39 Å². The smallest absolute Gasteiger partial charge is 0.231 e. The summed E-state index contributed by atoms with van der Waals surface area (Å²) in [7, 11) is 3.06. The maximum atomic E-state index is 14.8. The van der Waals surface area contributed by atoms with Crippen molar-refractivity contribution in [3.8, 4) is 22.8 Å². The lowest BCUT2D eigenvalue weighted by Crippen LogP contribution is -2.19. The molecule has 30 heavy (non-hydrogen) atoms. The molecule has 0 radical (unpaired) electrons. The quantitative estimate of drug-likeness (QED) is 0.467. The monoisotopic (exact) mass is 427 g/mol. The van der Waals surface area contributed by atoms with Crippen molar-refractivity contribution in [1.82, 2.24) is 20.2 Å². The fraction of sp³-hybridized carbons (Fsp3) is 0.190. The zero-order valence-electron chi connectivity index (χ0n) is 16.6. The number of ether oxygens (including phenoxy) is 2. The van der Waals surface area contributed by atoms with Crippen molar-refractivity contribution < 1.29 is 13.9 Å². The van der Waals surface area contributed by atoms with Gasteiger partial charge >= 0.3 is 0 Å². The van der Waals surface area contributed by atoms with Gasteiger partial charge in [0.2, 0.25) is 5.95 Å². The summed E-state index contributed by atoms with van der Waals surface area (Å²) in [5, 5.41) is 7.40. The molecule has 0 bridgehead atoms. The number of rotatable bonds is 6. The van der Waals surface area contributed by atoms with Crippen molar-refractivity contribution in [3.05, 3.63) is 53.4 Å². The van der Waals surface area contributed by atoms with Crippen molar-refractivity contribution >= 4 is 34.3 Å². The van der Waals surface area contributed by atoms with Gasteiger partial charge in [-0.25, -0.2) is 14.4 Å². The van der Waals surface area contributed by atoms with Crippen LogP contribution >= 0.6 is 11.6 Å². The summed E-state index contributed by atoms with van der Waals surface area (Å²) in [6.07, 6.45) is 1.57. The number of hydrogen-bond donors (Lipinski definition) is 1. The van der Waals surface area contributed by atoms with Crippen molar-refractivity contribution in [1.29, 1.82) is 0 Å². The van der Waals surface area contributed by atoms with Crippen LogP contribution in [-0.2, 0) is 0 Å². The van der Waals surface area contributed by atoms with E-state index in [0.717, 1.165) is 0 Å². The molecule has 0 aliphatic rings. The number of H-pyrrole nitrogens is 1. The largest absolute Gasteiger partial charge is 0.497 e. The van der Waals surface area contributed by atoms with Crippen molar-refractivity contribution in [3.63, 3.8) is 0 Å². The number of aromatic nitrogens is 4. The van der Waals surface area contributed by atoms with Gasteiger partial charge in [-0.3, -0.25) is 5.10 Å². The summed E-state index contributed by atoms with van der Waals surface area (Å²) in [6, 6.07) is 9.98. The summed E-state index contributed by atoms with van der Waals surface area (Å²) >= 11 is 6.48. The van der Waals surface area contributed by atoms with Crippen molar-refractivity contribution in [2.24, 2.45) is 0 Å². The van der Waals surface area contributed by atoms with E-state index in [4.69, 9.17) is 21.1 Å². The fourth-order valence-electron chi connectivity index (χ4n) is 3.29. The van der Waals surface area contributed by atoms with Gasteiger partial charge in [-0.05, 0) is 31.2 Å². The molecule has 0 saturated carbocycles. The summed E-state index contributed by atoms with van der Waals surface area (Å²) in [4.78, 5) is 11.1. The first-order valence-electron chi connectivity index (χ1n) is 9.22. The number of aromatic amines is 1. The Bertz CT molecular complexity index is 1210. The van der Waals surface area contributed by atoms with E-state index in [1.165, 1.54) is 13.2 Å². The van der Waals surface area contributed by atoms with Gasteiger partial charge in [0.25, 0.3) is 0 Å². The molecule has 7 nitrogen and oxygen atoms in total. The van der Waals surface area contributed by atoms with E-state index in [1.807, 2.05) is 17.9 Å². The van der Waals surface area contributed by atoms with Crippen LogP contribution in [-0.4, -0.2) is 40.9 Å². The first-order valence-corrected chi connectivity index (χ1v) is 9.60. The average molecular weight is 428 g/mol. The molecular formula is C21H19ClFN5O2. The minimum absolute atomic E-state index is 0.231. The zero-order chi connectivity index (χ0) is 21.3. The second-order valence-electron chi connectivity index (χ2n) is 6.38. The number of hydrogen-bond acceptors (Lipinski definition) is 6. The standard InChI is InChI=1S/C21H19ClFN5O2/c1-4-28(16-9-8-12(29-2)10-13(16)22)21-25-15-11-24-27-19(15)20(26-21)18-14(23)6-5-7-17(18)30-3/h5-11H,4H2,1-3H3,(H,24,27). The van der Waals surface area contributed by atoms with Crippen LogP contribution < -0.4 is 14.4 Å². The number of fused-ring (bicyclic) bond motifs is 1. The van der Waals surface area contributed by atoms with Crippen LogP contribution in [0.2, 0.25) is 5.02 Å².